The Kier molecular flexibility index (Phi) is 4.62. The Bertz CT molecular complexity index is 834. The van der Waals surface area contributed by atoms with Crippen molar-refractivity contribution in [1.82, 2.24) is 0 Å². The monoisotopic (exact) mass is 332 g/mol. The highest BCUT2D eigenvalue weighted by atomic mass is 32.3. The number of para-hydroxylation sites is 1. The van der Waals surface area contributed by atoms with Crippen LogP contribution >= 0.6 is 0 Å². The predicted molar refractivity (Wildman–Crippen MR) is 86.7 cm³/mol. The van der Waals surface area contributed by atoms with Crippen molar-refractivity contribution in [2.24, 2.45) is 0 Å². The van der Waals surface area contributed by atoms with Crippen molar-refractivity contribution in [2.75, 3.05) is 0 Å². The Balaban J connectivity index is 1.71. The summed E-state index contributed by atoms with van der Waals surface area (Å²) < 4.78 is 33.8. The minimum atomic E-state index is -2.14. The fourth-order valence-electron chi connectivity index (χ4n) is 1.93. The van der Waals surface area contributed by atoms with Gasteiger partial charge in [0.15, 0.2) is 0 Å². The number of hydrogen-bond donors (Lipinski definition) is 0. The van der Waals surface area contributed by atoms with Gasteiger partial charge in [-0.1, -0.05) is 48.5 Å². The van der Waals surface area contributed by atoms with E-state index in [4.69, 9.17) is 7.81 Å². The lowest BCUT2D eigenvalue weighted by Crippen LogP contribution is -2.07. The van der Waals surface area contributed by atoms with Gasteiger partial charge in [-0.3, -0.25) is 0 Å². The molecule has 4 nitrogen and oxygen atoms in total. The van der Waals surface area contributed by atoms with Crippen LogP contribution in [0, 0.1) is 0 Å². The summed E-state index contributed by atoms with van der Waals surface area (Å²) in [6.07, 6.45) is 0. The van der Waals surface area contributed by atoms with Crippen molar-refractivity contribution in [1.29, 1.82) is 0 Å². The Morgan fingerprint density at radius 1 is 0.727 bits per heavy atom. The predicted octanol–water partition coefficient (Wildman–Crippen LogP) is 3.54. The molecule has 0 spiro atoms. The van der Waals surface area contributed by atoms with Gasteiger partial charge in [-0.2, -0.15) is 7.84 Å². The van der Waals surface area contributed by atoms with E-state index in [1.165, 1.54) is 0 Å². The van der Waals surface area contributed by atoms with Crippen molar-refractivity contribution in [3.05, 3.63) is 72.8 Å². The van der Waals surface area contributed by atoms with Crippen LogP contribution in [0.2, 0.25) is 0 Å². The second-order valence-electron chi connectivity index (χ2n) is 4.41. The molecule has 112 valence electrons. The first-order chi connectivity index (χ1) is 10.7. The highest BCUT2D eigenvalue weighted by Crippen LogP contribution is 2.19. The maximum absolute atomic E-state index is 12.1. The van der Waals surface area contributed by atoms with Crippen LogP contribution in [-0.2, 0) is 26.1 Å². The van der Waals surface area contributed by atoms with Crippen molar-refractivity contribution in [2.45, 2.75) is 4.90 Å². The zero-order valence-corrected chi connectivity index (χ0v) is 13.0. The second-order valence-corrected chi connectivity index (χ2v) is 6.47. The Morgan fingerprint density at radius 2 is 1.41 bits per heavy atom. The van der Waals surface area contributed by atoms with Crippen LogP contribution in [0.25, 0.3) is 10.8 Å². The fourth-order valence-corrected chi connectivity index (χ4v) is 3.43. The lowest BCUT2D eigenvalue weighted by atomic mass is 10.1. The van der Waals surface area contributed by atoms with E-state index < -0.39 is 22.4 Å². The second kappa shape index (κ2) is 6.83. The Labute approximate surface area is 133 Å². The van der Waals surface area contributed by atoms with E-state index in [-0.39, 0.29) is 0 Å². The molecule has 0 aromatic heterocycles. The highest BCUT2D eigenvalue weighted by molar-refractivity contribution is 7.91. The largest absolute Gasteiger partial charge is 0.379 e. The number of fused-ring (bicyclic) bond motifs is 1. The van der Waals surface area contributed by atoms with Crippen molar-refractivity contribution in [3.8, 4) is 5.75 Å². The average molecular weight is 332 g/mol. The van der Waals surface area contributed by atoms with Gasteiger partial charge in [0.2, 0.25) is 11.1 Å². The molecule has 0 radical (unpaired) electrons. The Morgan fingerprint density at radius 3 is 2.18 bits per heavy atom. The number of hydrogen-bond acceptors (Lipinski definition) is 4. The average Bonchev–Trinajstić information content (AvgIpc) is 2.55. The zero-order chi connectivity index (χ0) is 15.4. The molecule has 0 amide bonds. The first kappa shape index (κ1) is 14.9. The lowest BCUT2D eigenvalue weighted by Gasteiger charge is -2.05. The van der Waals surface area contributed by atoms with Crippen LogP contribution in [0.4, 0.5) is 0 Å². The van der Waals surface area contributed by atoms with Crippen molar-refractivity contribution in [3.63, 3.8) is 0 Å². The van der Waals surface area contributed by atoms with Gasteiger partial charge in [0, 0.05) is 0 Å². The molecule has 0 fully saturated rings. The molecule has 3 rings (SSSR count). The van der Waals surface area contributed by atoms with E-state index in [2.05, 4.69) is 0 Å². The van der Waals surface area contributed by atoms with Crippen LogP contribution in [0.1, 0.15) is 0 Å². The normalized spacial score (nSPS) is 13.6. The molecule has 3 aromatic rings. The summed E-state index contributed by atoms with van der Waals surface area (Å²) in [6.45, 7) is 0. The molecule has 0 N–H and O–H groups in total. The summed E-state index contributed by atoms with van der Waals surface area (Å²) >= 11 is -4.00. The van der Waals surface area contributed by atoms with Crippen LogP contribution in [0.3, 0.4) is 0 Å². The van der Waals surface area contributed by atoms with Gasteiger partial charge in [-0.15, -0.1) is 0 Å². The van der Waals surface area contributed by atoms with E-state index >= 15 is 0 Å². The number of rotatable bonds is 5. The van der Waals surface area contributed by atoms with Gasteiger partial charge < -0.3 is 4.18 Å². The molecule has 0 aliphatic heterocycles. The summed E-state index contributed by atoms with van der Waals surface area (Å²) in [7, 11) is 0. The lowest BCUT2D eigenvalue weighted by molar-refractivity contribution is 0.473. The van der Waals surface area contributed by atoms with Crippen molar-refractivity contribution >= 4 is 33.2 Å². The van der Waals surface area contributed by atoms with Crippen LogP contribution in [0.15, 0.2) is 77.7 Å². The first-order valence-electron chi connectivity index (χ1n) is 6.47. The smallest absolute Gasteiger partial charge is 0.374 e. The standard InChI is InChI=1S/C16H12O4S2/c17-21(20-22(18)19-15-8-2-1-3-9-15)16-11-10-13-6-4-5-7-14(13)12-16/h1-12H. The summed E-state index contributed by atoms with van der Waals surface area (Å²) in [5.74, 6) is 0.386. The van der Waals surface area contributed by atoms with Crippen molar-refractivity contribution < 1.29 is 16.2 Å². The summed E-state index contributed by atoms with van der Waals surface area (Å²) in [4.78, 5) is 0.434. The van der Waals surface area contributed by atoms with Gasteiger partial charge in [-0.25, -0.2) is 4.21 Å². The van der Waals surface area contributed by atoms with Gasteiger partial charge in [0.1, 0.15) is 5.75 Å². The molecule has 22 heavy (non-hydrogen) atoms. The SMILES string of the molecule is O=S(Oc1ccccc1)OS(=O)c1ccc2ccccc2c1. The molecule has 0 aliphatic carbocycles. The summed E-state index contributed by atoms with van der Waals surface area (Å²) in [5.41, 5.74) is 0. The zero-order valence-electron chi connectivity index (χ0n) is 11.4. The molecule has 2 atom stereocenters. The van der Waals surface area contributed by atoms with E-state index in [1.807, 2.05) is 36.4 Å². The molecule has 0 bridgehead atoms. The minimum absolute atomic E-state index is 0.386. The maximum atomic E-state index is 12.1. The van der Waals surface area contributed by atoms with Crippen LogP contribution in [0.5, 0.6) is 5.75 Å². The van der Waals surface area contributed by atoms with E-state index in [0.717, 1.165) is 10.8 Å². The third-order valence-corrected chi connectivity index (χ3v) is 4.84. The fraction of sp³-hybridized carbons (Fsp3) is 0. The first-order valence-corrected chi connectivity index (χ1v) is 8.54. The van der Waals surface area contributed by atoms with Crippen LogP contribution in [-0.4, -0.2) is 8.42 Å². The molecule has 6 heteroatoms. The molecule has 0 saturated heterocycles. The highest BCUT2D eigenvalue weighted by Gasteiger charge is 2.12. The van der Waals surface area contributed by atoms with E-state index in [0.29, 0.717) is 10.6 Å². The van der Waals surface area contributed by atoms with E-state index in [9.17, 15) is 8.42 Å². The Hall–Kier alpha value is -2.02. The molecular formula is C16H12O4S2. The third kappa shape index (κ3) is 3.59. The molecule has 0 heterocycles. The van der Waals surface area contributed by atoms with Gasteiger partial charge in [-0.05, 0) is 35.0 Å². The summed E-state index contributed by atoms with van der Waals surface area (Å²) in [6, 6.07) is 21.5. The topological polar surface area (TPSA) is 52.6 Å². The molecule has 0 aliphatic rings. The van der Waals surface area contributed by atoms with Gasteiger partial charge >= 0.3 is 11.4 Å². The third-order valence-electron chi connectivity index (χ3n) is 2.94. The molecule has 0 saturated carbocycles. The number of benzene rings is 3. The molecule has 3 aromatic carbocycles. The van der Waals surface area contributed by atoms with Gasteiger partial charge in [0.25, 0.3) is 0 Å². The van der Waals surface area contributed by atoms with E-state index in [1.54, 1.807) is 36.4 Å². The molecular weight excluding hydrogens is 320 g/mol. The van der Waals surface area contributed by atoms with Crippen LogP contribution < -0.4 is 4.18 Å². The van der Waals surface area contributed by atoms with Gasteiger partial charge in [0.05, 0.1) is 4.90 Å². The molecule has 2 unspecified atom stereocenters. The quantitative estimate of drug-likeness (QED) is 0.717. The minimum Gasteiger partial charge on any atom is -0.379 e. The summed E-state index contributed by atoms with van der Waals surface area (Å²) in [5, 5.41) is 1.97. The maximum Gasteiger partial charge on any atom is 0.374 e.